The number of carbonyl (C=O) groups excluding carboxylic acids is 1. The van der Waals surface area contributed by atoms with Crippen LogP contribution >= 0.6 is 0 Å². The minimum Gasteiger partial charge on any atom is -0.444 e. The summed E-state index contributed by atoms with van der Waals surface area (Å²) in [4.78, 5) is 12.1. The van der Waals surface area contributed by atoms with Crippen LogP contribution < -0.4 is 5.32 Å². The van der Waals surface area contributed by atoms with Crippen LogP contribution in [-0.4, -0.2) is 30.9 Å². The van der Waals surface area contributed by atoms with E-state index in [2.05, 4.69) is 5.32 Å². The molecule has 2 aliphatic rings. The van der Waals surface area contributed by atoms with Gasteiger partial charge in [-0.25, -0.2) is 4.79 Å². The summed E-state index contributed by atoms with van der Waals surface area (Å²) in [5.74, 6) is 2.10. The number of alkyl carbamates (subject to hydrolysis) is 1. The van der Waals surface area contributed by atoms with Crippen LogP contribution in [0.25, 0.3) is 0 Å². The van der Waals surface area contributed by atoms with E-state index in [0.29, 0.717) is 17.9 Å². The summed E-state index contributed by atoms with van der Waals surface area (Å²) in [5.41, 5.74) is -0.422. The van der Waals surface area contributed by atoms with Crippen molar-refractivity contribution >= 4 is 6.09 Å². The van der Waals surface area contributed by atoms with Crippen molar-refractivity contribution in [1.29, 1.82) is 0 Å². The van der Waals surface area contributed by atoms with Crippen LogP contribution in [0.3, 0.4) is 0 Å². The Kier molecular flexibility index (Phi) is 6.13. The molecular formula is C18H33NO3. The third-order valence-corrected chi connectivity index (χ3v) is 5.05. The summed E-state index contributed by atoms with van der Waals surface area (Å²) in [7, 11) is 0. The van der Waals surface area contributed by atoms with E-state index in [4.69, 9.17) is 9.47 Å². The minimum atomic E-state index is -0.422. The van der Waals surface area contributed by atoms with E-state index in [1.54, 1.807) is 0 Å². The molecule has 2 bridgehead atoms. The highest BCUT2D eigenvalue weighted by Crippen LogP contribution is 2.50. The van der Waals surface area contributed by atoms with E-state index < -0.39 is 5.60 Å². The molecule has 4 atom stereocenters. The van der Waals surface area contributed by atoms with Crippen LogP contribution in [0.1, 0.15) is 66.2 Å². The molecule has 0 aliphatic heterocycles. The Labute approximate surface area is 135 Å². The third-order valence-electron chi connectivity index (χ3n) is 5.05. The highest BCUT2D eigenvalue weighted by Gasteiger charge is 2.47. The van der Waals surface area contributed by atoms with E-state index in [1.165, 1.54) is 32.1 Å². The monoisotopic (exact) mass is 311 g/mol. The summed E-state index contributed by atoms with van der Waals surface area (Å²) in [5, 5.41) is 3.18. The molecule has 0 aromatic heterocycles. The molecule has 2 aliphatic carbocycles. The van der Waals surface area contributed by atoms with Crippen molar-refractivity contribution in [3.05, 3.63) is 0 Å². The predicted molar refractivity (Wildman–Crippen MR) is 87.8 cm³/mol. The Morgan fingerprint density at radius 1 is 1.18 bits per heavy atom. The van der Waals surface area contributed by atoms with Gasteiger partial charge in [-0.15, -0.1) is 0 Å². The van der Waals surface area contributed by atoms with Gasteiger partial charge >= 0.3 is 6.09 Å². The first-order chi connectivity index (χ1) is 10.4. The number of unbranched alkanes of at least 4 members (excludes halogenated alkanes) is 1. The van der Waals surface area contributed by atoms with Crippen molar-refractivity contribution in [2.24, 2.45) is 17.8 Å². The number of hydrogen-bond donors (Lipinski definition) is 1. The maximum absolute atomic E-state index is 12.1. The molecule has 1 N–H and O–H groups in total. The Balaban J connectivity index is 1.81. The largest absolute Gasteiger partial charge is 0.444 e. The molecule has 4 nitrogen and oxygen atoms in total. The SMILES string of the molecule is CCOCCCC[C@H]1[C@@H]2CC[C@@H](C2)[C@@H]1NC(=O)OC(C)(C)C. The molecule has 0 aromatic rings. The maximum Gasteiger partial charge on any atom is 0.407 e. The molecule has 0 unspecified atom stereocenters. The Bertz CT molecular complexity index is 364. The average molecular weight is 311 g/mol. The summed E-state index contributed by atoms with van der Waals surface area (Å²) in [6, 6.07) is 0.320. The van der Waals surface area contributed by atoms with Crippen molar-refractivity contribution in [2.75, 3.05) is 13.2 Å². The fourth-order valence-electron chi connectivity index (χ4n) is 4.22. The van der Waals surface area contributed by atoms with Gasteiger partial charge in [-0.05, 0) is 77.6 Å². The molecule has 0 heterocycles. The first kappa shape index (κ1) is 17.6. The van der Waals surface area contributed by atoms with Gasteiger partial charge in [0.05, 0.1) is 0 Å². The molecule has 2 fully saturated rings. The topological polar surface area (TPSA) is 47.6 Å². The zero-order chi connectivity index (χ0) is 16.2. The molecule has 0 saturated heterocycles. The molecule has 2 rings (SSSR count). The average Bonchev–Trinajstić information content (AvgIpc) is 2.98. The van der Waals surface area contributed by atoms with Crippen LogP contribution in [0, 0.1) is 17.8 Å². The molecule has 4 heteroatoms. The van der Waals surface area contributed by atoms with Crippen molar-refractivity contribution in [3.63, 3.8) is 0 Å². The minimum absolute atomic E-state index is 0.246. The molecular weight excluding hydrogens is 278 g/mol. The fraction of sp³-hybridized carbons (Fsp3) is 0.944. The third kappa shape index (κ3) is 4.87. The molecule has 22 heavy (non-hydrogen) atoms. The molecule has 0 aromatic carbocycles. The van der Waals surface area contributed by atoms with Gasteiger partial charge in [0.1, 0.15) is 5.60 Å². The first-order valence-corrected chi connectivity index (χ1v) is 8.98. The second-order valence-electron chi connectivity index (χ2n) is 7.86. The number of nitrogens with one attached hydrogen (secondary N) is 1. The van der Waals surface area contributed by atoms with E-state index in [0.717, 1.165) is 25.6 Å². The van der Waals surface area contributed by atoms with Gasteiger partial charge in [-0.3, -0.25) is 0 Å². The highest BCUT2D eigenvalue weighted by molar-refractivity contribution is 5.68. The van der Waals surface area contributed by atoms with Crippen LogP contribution in [0.4, 0.5) is 4.79 Å². The molecule has 128 valence electrons. The van der Waals surface area contributed by atoms with E-state index in [1.807, 2.05) is 27.7 Å². The summed E-state index contributed by atoms with van der Waals surface area (Å²) in [6.45, 7) is 9.45. The van der Waals surface area contributed by atoms with Gasteiger partial charge in [0.15, 0.2) is 0 Å². The van der Waals surface area contributed by atoms with E-state index in [-0.39, 0.29) is 6.09 Å². The number of ether oxygens (including phenoxy) is 2. The number of hydrogen-bond acceptors (Lipinski definition) is 3. The van der Waals surface area contributed by atoms with Gasteiger partial charge in [0, 0.05) is 19.3 Å². The van der Waals surface area contributed by atoms with Crippen LogP contribution in [0.2, 0.25) is 0 Å². The first-order valence-electron chi connectivity index (χ1n) is 8.98. The highest BCUT2D eigenvalue weighted by atomic mass is 16.6. The van der Waals surface area contributed by atoms with E-state index in [9.17, 15) is 4.79 Å². The van der Waals surface area contributed by atoms with Crippen molar-refractivity contribution in [2.45, 2.75) is 77.9 Å². The lowest BCUT2D eigenvalue weighted by molar-refractivity contribution is 0.0457. The fourth-order valence-corrected chi connectivity index (χ4v) is 4.22. The van der Waals surface area contributed by atoms with Gasteiger partial charge in [-0.1, -0.05) is 6.42 Å². The Morgan fingerprint density at radius 2 is 1.91 bits per heavy atom. The number of rotatable bonds is 7. The zero-order valence-electron chi connectivity index (χ0n) is 14.7. The Morgan fingerprint density at radius 3 is 2.59 bits per heavy atom. The van der Waals surface area contributed by atoms with Gasteiger partial charge in [0.2, 0.25) is 0 Å². The lowest BCUT2D eigenvalue weighted by Gasteiger charge is -2.32. The molecule has 2 saturated carbocycles. The Hall–Kier alpha value is -0.770. The second-order valence-corrected chi connectivity index (χ2v) is 7.86. The van der Waals surface area contributed by atoms with Gasteiger partial charge < -0.3 is 14.8 Å². The predicted octanol–water partition coefficient (Wildman–Crippen LogP) is 4.13. The number of amides is 1. The van der Waals surface area contributed by atoms with Gasteiger partial charge in [0.25, 0.3) is 0 Å². The van der Waals surface area contributed by atoms with Gasteiger partial charge in [-0.2, -0.15) is 0 Å². The summed E-state index contributed by atoms with van der Waals surface area (Å²) >= 11 is 0. The standard InChI is InChI=1S/C18H33NO3/c1-5-21-11-7-6-8-15-13-9-10-14(12-13)16(15)19-17(20)22-18(2,3)4/h13-16H,5-12H2,1-4H3,(H,19,20)/t13-,14+,15+,16+/m1/s1. The normalized spacial score (nSPS) is 30.5. The quantitative estimate of drug-likeness (QED) is 0.719. The molecule has 0 spiro atoms. The van der Waals surface area contributed by atoms with Crippen LogP contribution in [0.5, 0.6) is 0 Å². The maximum atomic E-state index is 12.1. The number of fused-ring (bicyclic) bond motifs is 2. The van der Waals surface area contributed by atoms with Crippen LogP contribution in [0.15, 0.2) is 0 Å². The van der Waals surface area contributed by atoms with Crippen molar-refractivity contribution in [1.82, 2.24) is 5.32 Å². The second kappa shape index (κ2) is 7.67. The number of carbonyl (C=O) groups is 1. The van der Waals surface area contributed by atoms with Crippen LogP contribution in [-0.2, 0) is 9.47 Å². The van der Waals surface area contributed by atoms with Crippen molar-refractivity contribution < 1.29 is 14.3 Å². The smallest absolute Gasteiger partial charge is 0.407 e. The zero-order valence-corrected chi connectivity index (χ0v) is 14.7. The summed E-state index contributed by atoms with van der Waals surface area (Å²) in [6.07, 6.45) is 7.17. The lowest BCUT2D eigenvalue weighted by Crippen LogP contribution is -2.46. The molecule has 0 radical (unpaired) electrons. The van der Waals surface area contributed by atoms with Crippen molar-refractivity contribution in [3.8, 4) is 0 Å². The van der Waals surface area contributed by atoms with E-state index >= 15 is 0 Å². The molecule has 1 amide bonds. The summed E-state index contributed by atoms with van der Waals surface area (Å²) < 4.78 is 10.9. The lowest BCUT2D eigenvalue weighted by atomic mass is 9.81.